The first kappa shape index (κ1) is 54.8. The molecule has 380 valence electrons. The van der Waals surface area contributed by atoms with Crippen molar-refractivity contribution >= 4 is 66.9 Å². The Morgan fingerprint density at radius 1 is 0.440 bits per heavy atom. The molecule has 7 heteroatoms. The molecule has 0 fully saturated rings. The van der Waals surface area contributed by atoms with Crippen LogP contribution in [0.1, 0.15) is 116 Å². The molecule has 0 N–H and O–H groups in total. The molecule has 10 rings (SSSR count). The molecule has 0 aliphatic rings. The number of nitrogens with zero attached hydrogens (tertiary/aromatic N) is 4. The van der Waals surface area contributed by atoms with E-state index in [-0.39, 0.29) is 42.7 Å². The Bertz CT molecular complexity index is 3340. The molecule has 0 saturated heterocycles. The van der Waals surface area contributed by atoms with Crippen molar-refractivity contribution in [2.45, 2.75) is 105 Å². The second kappa shape index (κ2) is 22.4. The van der Waals surface area contributed by atoms with E-state index >= 15 is 0 Å². The molecule has 0 aliphatic heterocycles. The minimum atomic E-state index is 0. The normalized spacial score (nSPS) is 12.3. The molecule has 8 aromatic carbocycles. The van der Waals surface area contributed by atoms with Crippen LogP contribution in [0, 0.1) is 12.1 Å². The molecule has 2 aromatic heterocycles. The number of benzene rings is 8. The second-order valence-electron chi connectivity index (χ2n) is 23.1. The van der Waals surface area contributed by atoms with E-state index in [9.17, 15) is 0 Å². The summed E-state index contributed by atoms with van der Waals surface area (Å²) in [7, 11) is 0. The summed E-state index contributed by atoms with van der Waals surface area (Å²) in [6.07, 6.45) is 3.95. The molecule has 75 heavy (non-hydrogen) atoms. The van der Waals surface area contributed by atoms with E-state index in [0.29, 0.717) is 0 Å². The van der Waals surface area contributed by atoms with Crippen molar-refractivity contribution in [3.05, 3.63) is 215 Å². The topological polar surface area (TPSA) is 50.5 Å². The summed E-state index contributed by atoms with van der Waals surface area (Å²) in [4.78, 5) is 20.1. The minimum Gasteiger partial charge on any atom is -0.304 e. The van der Waals surface area contributed by atoms with Crippen molar-refractivity contribution in [3.8, 4) is 43.4 Å². The number of aliphatic imine (C=N–C) groups is 2. The van der Waals surface area contributed by atoms with Gasteiger partial charge >= 0.3 is 21.1 Å². The first-order valence-electron chi connectivity index (χ1n) is 25.5. The Morgan fingerprint density at radius 2 is 0.920 bits per heavy atom. The first-order valence-corrected chi connectivity index (χ1v) is 27.2. The monoisotopic (exact) mass is 1200 g/mol. The summed E-state index contributed by atoms with van der Waals surface area (Å²) in [5.74, 6) is 0. The molecule has 0 radical (unpaired) electrons. The maximum Gasteiger partial charge on any atom is 2.00 e. The maximum absolute atomic E-state index is 5.11. The van der Waals surface area contributed by atoms with E-state index in [0.717, 1.165) is 76.1 Å². The standard InChI is InChI=1S/C34H34N2S.C34H32N2S.Pt/c2*1-33(2,3)25-19-23(20-26(21-25)34(4,5)6)22-35-29-17-11-10-15-28(29)32-36-31-27(16-12-18-30(31)37-32)24-13-8-7-9-14-24;/h7-22H,1-6H3;7-13,15-19,21-22H,1-6H3;/q;-2;+2. The van der Waals surface area contributed by atoms with Gasteiger partial charge in [0.05, 0.1) is 21.6 Å². The zero-order valence-electron chi connectivity index (χ0n) is 45.2. The number of hydrogen-bond acceptors (Lipinski definition) is 6. The average molecular weight is 1200 g/mol. The van der Waals surface area contributed by atoms with Gasteiger partial charge in [-0.15, -0.1) is 93.5 Å². The smallest absolute Gasteiger partial charge is 0.304 e. The average Bonchev–Trinajstić information content (AvgIpc) is 4.03. The Balaban J connectivity index is 0.000000197. The van der Waals surface area contributed by atoms with Gasteiger partial charge in [0.15, 0.2) is 0 Å². The Labute approximate surface area is 468 Å². The zero-order chi connectivity index (χ0) is 52.4. The molecule has 0 bridgehead atoms. The molecular formula is C68H66N4PtS2. The van der Waals surface area contributed by atoms with E-state index < -0.39 is 0 Å². The van der Waals surface area contributed by atoms with Crippen LogP contribution in [0.15, 0.2) is 180 Å². The van der Waals surface area contributed by atoms with E-state index in [2.05, 4.69) is 229 Å². The van der Waals surface area contributed by atoms with Crippen LogP contribution in [0.4, 0.5) is 11.4 Å². The van der Waals surface area contributed by atoms with Crippen LogP contribution in [-0.2, 0) is 42.7 Å². The van der Waals surface area contributed by atoms with Gasteiger partial charge in [-0.1, -0.05) is 174 Å². The fourth-order valence-electron chi connectivity index (χ4n) is 8.66. The van der Waals surface area contributed by atoms with Gasteiger partial charge in [-0.25, -0.2) is 9.97 Å². The van der Waals surface area contributed by atoms with Crippen LogP contribution >= 0.6 is 22.7 Å². The molecule has 0 saturated carbocycles. The third-order valence-corrected chi connectivity index (χ3v) is 15.2. The van der Waals surface area contributed by atoms with Crippen molar-refractivity contribution in [1.29, 1.82) is 0 Å². The summed E-state index contributed by atoms with van der Waals surface area (Å²) < 4.78 is 2.34. The third kappa shape index (κ3) is 13.0. The molecular weight excluding hydrogens is 1130 g/mol. The Morgan fingerprint density at radius 3 is 1.45 bits per heavy atom. The van der Waals surface area contributed by atoms with E-state index in [1.165, 1.54) is 32.5 Å². The summed E-state index contributed by atoms with van der Waals surface area (Å²) in [6, 6.07) is 66.2. The number of para-hydroxylation sites is 4. The van der Waals surface area contributed by atoms with Gasteiger partial charge in [0, 0.05) is 33.1 Å². The number of thiazole rings is 2. The number of fused-ring (bicyclic) bond motifs is 2. The van der Waals surface area contributed by atoms with E-state index in [1.807, 2.05) is 48.8 Å². The van der Waals surface area contributed by atoms with Gasteiger partial charge in [0.2, 0.25) is 0 Å². The quantitative estimate of drug-likeness (QED) is 0.112. The second-order valence-corrected chi connectivity index (χ2v) is 25.2. The van der Waals surface area contributed by atoms with Gasteiger partial charge in [-0.05, 0) is 98.7 Å². The predicted molar refractivity (Wildman–Crippen MR) is 321 cm³/mol. The van der Waals surface area contributed by atoms with E-state index in [4.69, 9.17) is 20.0 Å². The van der Waals surface area contributed by atoms with Crippen molar-refractivity contribution < 1.29 is 21.1 Å². The first-order chi connectivity index (χ1) is 35.2. The van der Waals surface area contributed by atoms with Crippen LogP contribution in [0.25, 0.3) is 63.8 Å². The molecule has 0 unspecified atom stereocenters. The molecule has 10 aromatic rings. The SMILES string of the molecule is CC(C)(C)c1[c-]c(C=Nc2ccccc2-c2nc3c(-c4[c-]cccc4)cccc3s2)cc(C(C)(C)C)c1.CC(C)(C)c1cc(C=Nc2ccccc2-c2nc3c(-c4ccccc4)cccc3s2)cc(C(C)(C)C)c1.[Pt+2]. The van der Waals surface area contributed by atoms with Crippen molar-refractivity contribution in [2.24, 2.45) is 9.98 Å². The van der Waals surface area contributed by atoms with Gasteiger partial charge in [-0.3, -0.25) is 4.99 Å². The maximum atomic E-state index is 5.11. The summed E-state index contributed by atoms with van der Waals surface area (Å²) in [6.45, 7) is 27.0. The van der Waals surface area contributed by atoms with Gasteiger partial charge in [0.1, 0.15) is 10.0 Å². The Kier molecular flexibility index (Phi) is 16.4. The van der Waals surface area contributed by atoms with Gasteiger partial charge in [0.25, 0.3) is 0 Å². The van der Waals surface area contributed by atoms with Crippen LogP contribution in [0.3, 0.4) is 0 Å². The number of aromatic nitrogens is 2. The van der Waals surface area contributed by atoms with Crippen LogP contribution in [0.5, 0.6) is 0 Å². The Hall–Kier alpha value is -6.43. The van der Waals surface area contributed by atoms with E-state index in [1.54, 1.807) is 22.7 Å². The summed E-state index contributed by atoms with van der Waals surface area (Å²) in [5, 5.41) is 1.96. The van der Waals surface area contributed by atoms with Crippen molar-refractivity contribution in [1.82, 2.24) is 9.97 Å². The number of rotatable bonds is 8. The third-order valence-electron chi connectivity index (χ3n) is 13.1. The van der Waals surface area contributed by atoms with Gasteiger partial charge < -0.3 is 4.99 Å². The largest absolute Gasteiger partial charge is 2.00 e. The number of hydrogen-bond donors (Lipinski definition) is 0. The molecule has 0 spiro atoms. The summed E-state index contributed by atoms with van der Waals surface area (Å²) >= 11 is 3.42. The summed E-state index contributed by atoms with van der Waals surface area (Å²) in [5.41, 5.74) is 17.9. The predicted octanol–water partition coefficient (Wildman–Crippen LogP) is 19.5. The zero-order valence-corrected chi connectivity index (χ0v) is 49.1. The van der Waals surface area contributed by atoms with Crippen LogP contribution in [0.2, 0.25) is 0 Å². The van der Waals surface area contributed by atoms with Gasteiger partial charge in [-0.2, -0.15) is 0 Å². The molecule has 0 atom stereocenters. The van der Waals surface area contributed by atoms with Crippen molar-refractivity contribution in [2.75, 3.05) is 0 Å². The molecule has 2 heterocycles. The molecule has 4 nitrogen and oxygen atoms in total. The molecule has 0 amide bonds. The van der Waals surface area contributed by atoms with Crippen LogP contribution < -0.4 is 0 Å². The fraction of sp³-hybridized carbons (Fsp3) is 0.235. The van der Waals surface area contributed by atoms with Crippen LogP contribution in [-0.4, -0.2) is 22.4 Å². The van der Waals surface area contributed by atoms with Crippen molar-refractivity contribution in [3.63, 3.8) is 0 Å². The fourth-order valence-corrected chi connectivity index (χ4v) is 10.7. The molecule has 0 aliphatic carbocycles. The minimum absolute atomic E-state index is 0.